The monoisotopic (exact) mass is 431 g/mol. The number of amides is 1. The van der Waals surface area contributed by atoms with E-state index in [0.717, 1.165) is 16.9 Å². The summed E-state index contributed by atoms with van der Waals surface area (Å²) in [4.78, 5) is 23.5. The number of anilines is 2. The molecule has 4 rings (SSSR count). The molecule has 0 unspecified atom stereocenters. The van der Waals surface area contributed by atoms with E-state index in [9.17, 15) is 4.79 Å². The van der Waals surface area contributed by atoms with Gasteiger partial charge in [-0.1, -0.05) is 16.8 Å². The minimum Gasteiger partial charge on any atom is -0.495 e. The van der Waals surface area contributed by atoms with Crippen LogP contribution >= 0.6 is 11.6 Å². The summed E-state index contributed by atoms with van der Waals surface area (Å²) in [6.45, 7) is 3.25. The minimum atomic E-state index is -0.132. The third kappa shape index (κ3) is 3.72. The highest BCUT2D eigenvalue weighted by atomic mass is 35.5. The second-order valence-electron chi connectivity index (χ2n) is 7.08. The molecule has 3 aromatic rings. The molecule has 1 amide bonds. The first kappa shape index (κ1) is 20.2. The third-order valence-corrected chi connectivity index (χ3v) is 5.62. The van der Waals surface area contributed by atoms with Crippen LogP contribution in [0.1, 0.15) is 18.5 Å². The molecule has 158 valence electrons. The molecule has 0 atom stereocenters. The second kappa shape index (κ2) is 8.35. The standard InChI is InChI=1S/C20H22ClN5O4/c1-11-17-18(22-10-23-20(17)30-25-11)26-6-4-12(5-7-26)19(27)24-14-8-13(21)15(28-2)9-16(14)29-3/h8-10,12H,4-7H2,1-3H3,(H,24,27). The number of piperidine rings is 1. The van der Waals surface area contributed by atoms with Crippen LogP contribution in [-0.4, -0.2) is 48.3 Å². The van der Waals surface area contributed by atoms with Crippen molar-refractivity contribution < 1.29 is 18.8 Å². The summed E-state index contributed by atoms with van der Waals surface area (Å²) in [6.07, 6.45) is 2.85. The van der Waals surface area contributed by atoms with Gasteiger partial charge in [0.25, 0.3) is 5.71 Å². The quantitative estimate of drug-likeness (QED) is 0.655. The van der Waals surface area contributed by atoms with Crippen molar-refractivity contribution in [3.05, 3.63) is 29.2 Å². The lowest BCUT2D eigenvalue weighted by Gasteiger charge is -2.32. The largest absolute Gasteiger partial charge is 0.495 e. The molecule has 1 saturated heterocycles. The molecule has 0 aliphatic carbocycles. The molecule has 1 N–H and O–H groups in total. The van der Waals surface area contributed by atoms with Gasteiger partial charge >= 0.3 is 0 Å². The van der Waals surface area contributed by atoms with Crippen LogP contribution in [0.4, 0.5) is 11.5 Å². The van der Waals surface area contributed by atoms with Crippen molar-refractivity contribution in [1.29, 1.82) is 0 Å². The fourth-order valence-corrected chi connectivity index (χ4v) is 3.93. The lowest BCUT2D eigenvalue weighted by atomic mass is 9.95. The van der Waals surface area contributed by atoms with Crippen molar-refractivity contribution in [3.8, 4) is 11.5 Å². The molecule has 1 aliphatic heterocycles. The highest BCUT2D eigenvalue weighted by molar-refractivity contribution is 6.32. The highest BCUT2D eigenvalue weighted by Crippen LogP contribution is 2.36. The highest BCUT2D eigenvalue weighted by Gasteiger charge is 2.28. The van der Waals surface area contributed by atoms with E-state index in [2.05, 4.69) is 25.3 Å². The summed E-state index contributed by atoms with van der Waals surface area (Å²) in [5, 5.41) is 8.14. The SMILES string of the molecule is COc1cc(OC)c(NC(=O)C2CCN(c3ncnc4onc(C)c34)CC2)cc1Cl. The first-order valence-electron chi connectivity index (χ1n) is 9.56. The zero-order valence-electron chi connectivity index (χ0n) is 16.9. The lowest BCUT2D eigenvalue weighted by Crippen LogP contribution is -2.38. The van der Waals surface area contributed by atoms with Crippen LogP contribution in [0.15, 0.2) is 23.0 Å². The van der Waals surface area contributed by atoms with E-state index in [1.54, 1.807) is 12.1 Å². The number of fused-ring (bicyclic) bond motifs is 1. The maximum absolute atomic E-state index is 12.9. The zero-order valence-corrected chi connectivity index (χ0v) is 17.7. The van der Waals surface area contributed by atoms with Crippen LogP contribution in [-0.2, 0) is 4.79 Å². The van der Waals surface area contributed by atoms with Gasteiger partial charge < -0.3 is 24.2 Å². The Labute approximate surface area is 178 Å². The van der Waals surface area contributed by atoms with Gasteiger partial charge in [0.1, 0.15) is 29.0 Å². The number of aromatic nitrogens is 3. The Morgan fingerprint density at radius 2 is 1.93 bits per heavy atom. The van der Waals surface area contributed by atoms with Gasteiger partial charge in [0.05, 0.1) is 30.6 Å². The van der Waals surface area contributed by atoms with E-state index in [1.165, 1.54) is 20.5 Å². The molecule has 9 nitrogen and oxygen atoms in total. The number of hydrogen-bond donors (Lipinski definition) is 1. The van der Waals surface area contributed by atoms with Gasteiger partial charge in [0, 0.05) is 25.1 Å². The number of hydrogen-bond acceptors (Lipinski definition) is 8. The predicted molar refractivity (Wildman–Crippen MR) is 112 cm³/mol. The molecular formula is C20H22ClN5O4. The van der Waals surface area contributed by atoms with E-state index in [0.29, 0.717) is 53.9 Å². The van der Waals surface area contributed by atoms with E-state index < -0.39 is 0 Å². The molecule has 0 spiro atoms. The number of methoxy groups -OCH3 is 2. The van der Waals surface area contributed by atoms with Crippen LogP contribution in [0.25, 0.3) is 11.1 Å². The Bertz CT molecular complexity index is 1080. The molecule has 1 fully saturated rings. The topological polar surface area (TPSA) is 103 Å². The number of ether oxygens (including phenoxy) is 2. The number of aryl methyl sites for hydroxylation is 1. The Hall–Kier alpha value is -3.07. The number of nitrogens with one attached hydrogen (secondary N) is 1. The molecule has 2 aromatic heterocycles. The summed E-state index contributed by atoms with van der Waals surface area (Å²) in [6, 6.07) is 3.29. The van der Waals surface area contributed by atoms with Gasteiger partial charge in [-0.2, -0.15) is 4.98 Å². The van der Waals surface area contributed by atoms with Crippen molar-refractivity contribution in [3.63, 3.8) is 0 Å². The van der Waals surface area contributed by atoms with Gasteiger partial charge in [-0.15, -0.1) is 0 Å². The normalized spacial score (nSPS) is 14.7. The molecule has 0 radical (unpaired) electrons. The molecule has 0 saturated carbocycles. The van der Waals surface area contributed by atoms with Crippen LogP contribution in [0.3, 0.4) is 0 Å². The van der Waals surface area contributed by atoms with Crippen LogP contribution in [0, 0.1) is 12.8 Å². The molecule has 1 aromatic carbocycles. The number of halogens is 1. The van der Waals surface area contributed by atoms with Gasteiger partial charge in [-0.05, 0) is 25.8 Å². The molecule has 1 aliphatic rings. The van der Waals surface area contributed by atoms with Gasteiger partial charge in [0.15, 0.2) is 0 Å². The minimum absolute atomic E-state index is 0.0665. The van der Waals surface area contributed by atoms with E-state index in [1.807, 2.05) is 6.92 Å². The summed E-state index contributed by atoms with van der Waals surface area (Å²) in [5.74, 6) is 1.57. The molecule has 30 heavy (non-hydrogen) atoms. The molecule has 0 bridgehead atoms. The van der Waals surface area contributed by atoms with E-state index in [4.69, 9.17) is 25.6 Å². The number of nitrogens with zero attached hydrogens (tertiary/aromatic N) is 4. The summed E-state index contributed by atoms with van der Waals surface area (Å²) in [7, 11) is 3.06. The smallest absolute Gasteiger partial charge is 0.263 e. The van der Waals surface area contributed by atoms with Crippen molar-refractivity contribution in [2.45, 2.75) is 19.8 Å². The Morgan fingerprint density at radius 3 is 2.63 bits per heavy atom. The van der Waals surface area contributed by atoms with Crippen LogP contribution < -0.4 is 19.7 Å². The van der Waals surface area contributed by atoms with Crippen molar-refractivity contribution in [2.75, 3.05) is 37.5 Å². The zero-order chi connectivity index (χ0) is 21.3. The van der Waals surface area contributed by atoms with Crippen molar-refractivity contribution in [2.24, 2.45) is 5.92 Å². The van der Waals surface area contributed by atoms with Gasteiger partial charge in [-0.3, -0.25) is 4.79 Å². The summed E-state index contributed by atoms with van der Waals surface area (Å²) in [5.41, 5.74) is 1.75. The first-order chi connectivity index (χ1) is 14.5. The second-order valence-corrected chi connectivity index (χ2v) is 7.49. The number of benzene rings is 1. The first-order valence-corrected chi connectivity index (χ1v) is 9.94. The lowest BCUT2D eigenvalue weighted by molar-refractivity contribution is -0.120. The summed E-state index contributed by atoms with van der Waals surface area (Å²) < 4.78 is 15.8. The maximum atomic E-state index is 12.9. The summed E-state index contributed by atoms with van der Waals surface area (Å²) >= 11 is 6.20. The third-order valence-electron chi connectivity index (χ3n) is 5.32. The number of carbonyl (C=O) groups excluding carboxylic acids is 1. The average Bonchev–Trinajstić information content (AvgIpc) is 3.15. The molecular weight excluding hydrogens is 410 g/mol. The van der Waals surface area contributed by atoms with E-state index in [-0.39, 0.29) is 11.8 Å². The van der Waals surface area contributed by atoms with Crippen molar-refractivity contribution in [1.82, 2.24) is 15.1 Å². The number of carbonyl (C=O) groups is 1. The van der Waals surface area contributed by atoms with Gasteiger partial charge in [0.2, 0.25) is 5.91 Å². The Morgan fingerprint density at radius 1 is 1.20 bits per heavy atom. The van der Waals surface area contributed by atoms with E-state index >= 15 is 0 Å². The molecule has 3 heterocycles. The Balaban J connectivity index is 1.45. The molecule has 10 heteroatoms. The number of rotatable bonds is 5. The average molecular weight is 432 g/mol. The maximum Gasteiger partial charge on any atom is 0.263 e. The fourth-order valence-electron chi connectivity index (χ4n) is 3.69. The fraction of sp³-hybridized carbons (Fsp3) is 0.400. The van der Waals surface area contributed by atoms with Crippen LogP contribution in [0.2, 0.25) is 5.02 Å². The Kier molecular flexibility index (Phi) is 5.63. The van der Waals surface area contributed by atoms with Crippen molar-refractivity contribution >= 4 is 40.1 Å². The van der Waals surface area contributed by atoms with Crippen LogP contribution in [0.5, 0.6) is 11.5 Å². The van der Waals surface area contributed by atoms with Gasteiger partial charge in [-0.25, -0.2) is 4.98 Å². The predicted octanol–water partition coefficient (Wildman–Crippen LogP) is 3.45.